The summed E-state index contributed by atoms with van der Waals surface area (Å²) < 4.78 is 43.4. The van der Waals surface area contributed by atoms with Crippen LogP contribution in [0.25, 0.3) is 16.6 Å². The van der Waals surface area contributed by atoms with Crippen LogP contribution in [0.3, 0.4) is 0 Å². The van der Waals surface area contributed by atoms with E-state index < -0.39 is 23.8 Å². The molecule has 0 radical (unpaired) electrons. The lowest BCUT2D eigenvalue weighted by Crippen LogP contribution is -2.28. The molecule has 190 valence electrons. The van der Waals surface area contributed by atoms with Gasteiger partial charge in [-0.3, -0.25) is 9.36 Å². The number of halogens is 3. The van der Waals surface area contributed by atoms with E-state index in [1.54, 1.807) is 13.0 Å². The van der Waals surface area contributed by atoms with E-state index >= 15 is 0 Å². The van der Waals surface area contributed by atoms with Crippen LogP contribution in [0.2, 0.25) is 0 Å². The molecule has 0 amide bonds. The Bertz CT molecular complexity index is 1580. The largest absolute Gasteiger partial charge is 0.382 e. The molecule has 0 aliphatic heterocycles. The molecule has 0 bridgehead atoms. The van der Waals surface area contributed by atoms with E-state index in [9.17, 15) is 23.2 Å². The van der Waals surface area contributed by atoms with Gasteiger partial charge in [-0.1, -0.05) is 19.9 Å². The van der Waals surface area contributed by atoms with Gasteiger partial charge in [0.15, 0.2) is 5.82 Å². The summed E-state index contributed by atoms with van der Waals surface area (Å²) in [7, 11) is 0. The van der Waals surface area contributed by atoms with Crippen molar-refractivity contribution in [3.05, 3.63) is 75.1 Å². The highest BCUT2D eigenvalue weighted by atomic mass is 19.3. The van der Waals surface area contributed by atoms with Gasteiger partial charge in [0, 0.05) is 5.56 Å². The lowest BCUT2D eigenvalue weighted by Gasteiger charge is -2.22. The van der Waals surface area contributed by atoms with Gasteiger partial charge < -0.3 is 16.8 Å². The number of benzene rings is 2. The van der Waals surface area contributed by atoms with Crippen molar-refractivity contribution in [1.82, 2.24) is 19.5 Å². The third-order valence-electron chi connectivity index (χ3n) is 5.82. The van der Waals surface area contributed by atoms with Gasteiger partial charge in [0.25, 0.3) is 12.0 Å². The molecule has 1 atom stereocenters. The highest BCUT2D eigenvalue weighted by molar-refractivity contribution is 5.79. The first-order valence-corrected chi connectivity index (χ1v) is 11.3. The number of anilines is 3. The summed E-state index contributed by atoms with van der Waals surface area (Å²) in [5.41, 5.74) is 11.0. The van der Waals surface area contributed by atoms with Crippen molar-refractivity contribution in [2.24, 2.45) is 0 Å². The fourth-order valence-corrected chi connectivity index (χ4v) is 3.97. The fraction of sp³-hybridized carbons (Fsp3) is 0.240. The maximum Gasteiger partial charge on any atom is 0.269 e. The second-order valence-electron chi connectivity index (χ2n) is 8.73. The van der Waals surface area contributed by atoms with E-state index in [0.717, 1.165) is 10.6 Å². The molecule has 2 heterocycles. The molecule has 37 heavy (non-hydrogen) atoms. The Hall–Kier alpha value is -4.66. The Balaban J connectivity index is 2.01. The monoisotopic (exact) mass is 508 g/mol. The minimum atomic E-state index is -2.80. The first-order valence-electron chi connectivity index (χ1n) is 11.3. The SMILES string of the molecule is CC(C)c1cc(C(F)F)cc(-n2c(C(C)Nc3nc(N)nc(N)c3C#N)nc3cccc(F)c3c2=O)c1. The van der Waals surface area contributed by atoms with Crippen molar-refractivity contribution < 1.29 is 13.2 Å². The molecule has 9 nitrogen and oxygen atoms in total. The highest BCUT2D eigenvalue weighted by Crippen LogP contribution is 2.30. The molecule has 0 saturated carbocycles. The number of hydrogen-bond acceptors (Lipinski definition) is 8. The van der Waals surface area contributed by atoms with Crippen LogP contribution in [0.4, 0.5) is 30.8 Å². The van der Waals surface area contributed by atoms with Gasteiger partial charge in [0.05, 0.1) is 17.2 Å². The Kier molecular flexibility index (Phi) is 6.72. The van der Waals surface area contributed by atoms with Gasteiger partial charge in [-0.05, 0) is 48.7 Å². The summed E-state index contributed by atoms with van der Waals surface area (Å²) in [5, 5.41) is 12.2. The molecule has 0 aliphatic carbocycles. The Labute approximate surface area is 209 Å². The first-order chi connectivity index (χ1) is 17.5. The summed E-state index contributed by atoms with van der Waals surface area (Å²) in [6.07, 6.45) is -2.80. The zero-order chi connectivity index (χ0) is 27.0. The van der Waals surface area contributed by atoms with E-state index in [-0.39, 0.29) is 57.0 Å². The molecule has 4 aromatic rings. The molecular formula is C25H23F3N8O. The average molecular weight is 509 g/mol. The van der Waals surface area contributed by atoms with E-state index in [1.165, 1.54) is 24.3 Å². The molecule has 4 rings (SSSR count). The predicted octanol–water partition coefficient (Wildman–Crippen LogP) is 4.58. The Morgan fingerprint density at radius 2 is 1.76 bits per heavy atom. The minimum absolute atomic E-state index is 0.00987. The molecule has 0 fully saturated rings. The zero-order valence-electron chi connectivity index (χ0n) is 20.1. The van der Waals surface area contributed by atoms with Gasteiger partial charge in [-0.25, -0.2) is 18.2 Å². The first kappa shape index (κ1) is 25.4. The summed E-state index contributed by atoms with van der Waals surface area (Å²) in [6.45, 7) is 5.26. The number of hydrogen-bond donors (Lipinski definition) is 3. The van der Waals surface area contributed by atoms with Crippen molar-refractivity contribution in [1.29, 1.82) is 5.26 Å². The second kappa shape index (κ2) is 9.77. The van der Waals surface area contributed by atoms with Gasteiger partial charge in [-0.15, -0.1) is 0 Å². The number of nitrogens with zero attached hydrogens (tertiary/aromatic N) is 5. The van der Waals surface area contributed by atoms with Gasteiger partial charge >= 0.3 is 0 Å². The van der Waals surface area contributed by atoms with Crippen molar-refractivity contribution in [2.45, 2.75) is 39.2 Å². The molecule has 12 heteroatoms. The predicted molar refractivity (Wildman–Crippen MR) is 134 cm³/mol. The highest BCUT2D eigenvalue weighted by Gasteiger charge is 2.23. The van der Waals surface area contributed by atoms with Gasteiger partial charge in [0.2, 0.25) is 5.95 Å². The number of alkyl halides is 2. The van der Waals surface area contributed by atoms with E-state index in [2.05, 4.69) is 20.3 Å². The Morgan fingerprint density at radius 1 is 1.05 bits per heavy atom. The van der Waals surface area contributed by atoms with Crippen LogP contribution in [-0.4, -0.2) is 19.5 Å². The lowest BCUT2D eigenvalue weighted by molar-refractivity contribution is 0.151. The van der Waals surface area contributed by atoms with E-state index in [4.69, 9.17) is 11.5 Å². The average Bonchev–Trinajstić information content (AvgIpc) is 2.83. The van der Waals surface area contributed by atoms with Gasteiger partial charge in [0.1, 0.15) is 34.5 Å². The maximum atomic E-state index is 14.8. The number of nitrogens with one attached hydrogen (secondary N) is 1. The number of aromatic nitrogens is 4. The van der Waals surface area contributed by atoms with Crippen LogP contribution < -0.4 is 22.3 Å². The molecule has 2 aromatic carbocycles. The number of nitriles is 1. The summed E-state index contributed by atoms with van der Waals surface area (Å²) in [6, 6.07) is 9.17. The summed E-state index contributed by atoms with van der Waals surface area (Å²) in [5.74, 6) is -1.23. The molecule has 2 aromatic heterocycles. The van der Waals surface area contributed by atoms with Crippen molar-refractivity contribution in [3.63, 3.8) is 0 Å². The van der Waals surface area contributed by atoms with Crippen molar-refractivity contribution in [3.8, 4) is 11.8 Å². The zero-order valence-corrected chi connectivity index (χ0v) is 20.1. The molecule has 1 unspecified atom stereocenters. The second-order valence-corrected chi connectivity index (χ2v) is 8.73. The van der Waals surface area contributed by atoms with Crippen LogP contribution >= 0.6 is 0 Å². The van der Waals surface area contributed by atoms with Gasteiger partial charge in [-0.2, -0.15) is 15.2 Å². The van der Waals surface area contributed by atoms with Crippen molar-refractivity contribution >= 4 is 28.5 Å². The number of rotatable bonds is 6. The normalized spacial score (nSPS) is 12.2. The van der Waals surface area contributed by atoms with Crippen LogP contribution in [0, 0.1) is 17.1 Å². The maximum absolute atomic E-state index is 14.8. The number of fused-ring (bicyclic) bond motifs is 1. The summed E-state index contributed by atoms with van der Waals surface area (Å²) in [4.78, 5) is 26.0. The van der Waals surface area contributed by atoms with Crippen LogP contribution in [-0.2, 0) is 0 Å². The molecule has 0 spiro atoms. The molecule has 0 aliphatic rings. The molecule has 5 N–H and O–H groups in total. The standard InChI is InChI=1S/C25H23F3N8O/c1-11(2)13-7-14(20(27)28)9-15(8-13)36-23(33-18-6-4-5-17(26)19(18)24(36)37)12(3)32-22-16(10-29)21(30)34-25(31)35-22/h4-9,11-12,20H,1-3H3,(H5,30,31,32,34,35). The van der Waals surface area contributed by atoms with Crippen molar-refractivity contribution in [2.75, 3.05) is 16.8 Å². The third kappa shape index (κ3) is 4.75. The molecule has 0 saturated heterocycles. The van der Waals surface area contributed by atoms with Crippen LogP contribution in [0.15, 0.2) is 41.2 Å². The quantitative estimate of drug-likeness (QED) is 0.343. The smallest absolute Gasteiger partial charge is 0.269 e. The lowest BCUT2D eigenvalue weighted by atomic mass is 9.99. The minimum Gasteiger partial charge on any atom is -0.382 e. The topological polar surface area (TPSA) is 149 Å². The van der Waals surface area contributed by atoms with E-state index in [0.29, 0.717) is 5.56 Å². The fourth-order valence-electron chi connectivity index (χ4n) is 3.97. The van der Waals surface area contributed by atoms with E-state index in [1.807, 2.05) is 19.9 Å². The molecular weight excluding hydrogens is 485 g/mol. The van der Waals surface area contributed by atoms with Crippen LogP contribution in [0.5, 0.6) is 0 Å². The number of nitrogens with two attached hydrogens (primary N) is 2. The summed E-state index contributed by atoms with van der Waals surface area (Å²) >= 11 is 0. The number of nitrogen functional groups attached to an aromatic ring is 2. The Morgan fingerprint density at radius 3 is 2.41 bits per heavy atom. The van der Waals surface area contributed by atoms with Crippen LogP contribution in [0.1, 0.15) is 61.7 Å². The third-order valence-corrected chi connectivity index (χ3v) is 5.82.